The summed E-state index contributed by atoms with van der Waals surface area (Å²) in [6, 6.07) is 3.78. The van der Waals surface area contributed by atoms with Gasteiger partial charge in [0.2, 0.25) is 0 Å². The van der Waals surface area contributed by atoms with Crippen LogP contribution < -0.4 is 5.32 Å². The molecule has 2 aromatic heterocycles. The second-order valence-corrected chi connectivity index (χ2v) is 3.47. The van der Waals surface area contributed by atoms with Gasteiger partial charge < -0.3 is 9.73 Å². The van der Waals surface area contributed by atoms with Crippen molar-refractivity contribution in [1.29, 1.82) is 0 Å². The van der Waals surface area contributed by atoms with Gasteiger partial charge in [-0.05, 0) is 12.1 Å². The van der Waals surface area contributed by atoms with E-state index in [1.165, 1.54) is 0 Å². The molecule has 0 atom stereocenters. The average Bonchev–Trinajstić information content (AvgIpc) is 2.97. The Morgan fingerprint density at radius 3 is 3.25 bits per heavy atom. The van der Waals surface area contributed by atoms with Gasteiger partial charge in [-0.25, -0.2) is 9.97 Å². The van der Waals surface area contributed by atoms with Crippen molar-refractivity contribution in [2.75, 3.05) is 5.32 Å². The quantitative estimate of drug-likeness (QED) is 0.848. The second kappa shape index (κ2) is 3.77. The number of rotatable bonds is 3. The molecule has 0 fully saturated rings. The Morgan fingerprint density at radius 1 is 1.38 bits per heavy atom. The smallest absolute Gasteiger partial charge is 0.156 e. The van der Waals surface area contributed by atoms with E-state index in [1.54, 1.807) is 12.6 Å². The maximum atomic E-state index is 5.23. The third-order valence-corrected chi connectivity index (χ3v) is 2.41. The van der Waals surface area contributed by atoms with Crippen molar-refractivity contribution in [1.82, 2.24) is 9.97 Å². The topological polar surface area (TPSA) is 63.3 Å². The van der Waals surface area contributed by atoms with Gasteiger partial charge in [0, 0.05) is 12.6 Å². The Labute approximate surface area is 92.3 Å². The lowest BCUT2D eigenvalue weighted by molar-refractivity contribution is 0.518. The van der Waals surface area contributed by atoms with Gasteiger partial charge >= 0.3 is 0 Å². The van der Waals surface area contributed by atoms with Crippen LogP contribution in [0.5, 0.6) is 0 Å². The number of nitrogens with one attached hydrogen (secondary N) is 1. The predicted molar refractivity (Wildman–Crippen MR) is 59.9 cm³/mol. The van der Waals surface area contributed by atoms with Crippen molar-refractivity contribution in [2.45, 2.75) is 13.0 Å². The Morgan fingerprint density at radius 2 is 2.38 bits per heavy atom. The molecule has 0 bridgehead atoms. The van der Waals surface area contributed by atoms with Gasteiger partial charge in [0.05, 0.1) is 18.5 Å². The summed E-state index contributed by atoms with van der Waals surface area (Å²) in [4.78, 5) is 12.6. The molecule has 16 heavy (non-hydrogen) atoms. The lowest BCUT2D eigenvalue weighted by Gasteiger charge is -2.06. The highest BCUT2D eigenvalue weighted by Crippen LogP contribution is 2.29. The van der Waals surface area contributed by atoms with Crippen molar-refractivity contribution in [3.63, 3.8) is 0 Å². The lowest BCUT2D eigenvalue weighted by Crippen LogP contribution is -2.01. The Kier molecular flexibility index (Phi) is 2.14. The van der Waals surface area contributed by atoms with Gasteiger partial charge in [-0.15, -0.1) is 0 Å². The molecule has 0 aliphatic carbocycles. The van der Waals surface area contributed by atoms with E-state index in [9.17, 15) is 0 Å². The maximum absolute atomic E-state index is 5.23. The molecule has 3 rings (SSSR count). The largest absolute Gasteiger partial charge is 0.467 e. The molecule has 0 amide bonds. The van der Waals surface area contributed by atoms with Crippen molar-refractivity contribution in [3.8, 4) is 0 Å². The molecule has 0 saturated heterocycles. The Bertz CT molecular complexity index is 519. The zero-order valence-electron chi connectivity index (χ0n) is 8.55. The van der Waals surface area contributed by atoms with Crippen LogP contribution in [0.3, 0.4) is 0 Å². The summed E-state index contributed by atoms with van der Waals surface area (Å²) in [5.74, 6) is 1.63. The number of furan rings is 1. The van der Waals surface area contributed by atoms with E-state index in [2.05, 4.69) is 20.3 Å². The first-order chi connectivity index (χ1) is 7.93. The van der Waals surface area contributed by atoms with Crippen LogP contribution in [0, 0.1) is 0 Å². The standard InChI is InChI=1S/C11H10N4O/c1-2-8(16-5-1)6-13-11-10-9(3-4-12-10)14-7-15-11/h1-2,4-5,7H,3,6H2,(H,13,14,15). The monoisotopic (exact) mass is 214 g/mol. The molecule has 1 N–H and O–H groups in total. The number of hydrogen-bond donors (Lipinski definition) is 1. The van der Waals surface area contributed by atoms with E-state index in [4.69, 9.17) is 4.42 Å². The first kappa shape index (κ1) is 9.08. The van der Waals surface area contributed by atoms with Crippen LogP contribution in [0.25, 0.3) is 0 Å². The highest BCUT2D eigenvalue weighted by atomic mass is 16.3. The second-order valence-electron chi connectivity index (χ2n) is 3.47. The molecule has 0 radical (unpaired) electrons. The molecular weight excluding hydrogens is 204 g/mol. The van der Waals surface area contributed by atoms with Crippen molar-refractivity contribution in [3.05, 3.63) is 36.2 Å². The summed E-state index contributed by atoms with van der Waals surface area (Å²) in [7, 11) is 0. The molecule has 0 unspecified atom stereocenters. The van der Waals surface area contributed by atoms with E-state index in [1.807, 2.05) is 18.3 Å². The summed E-state index contributed by atoms with van der Waals surface area (Å²) < 4.78 is 5.23. The molecule has 1 aliphatic heterocycles. The summed E-state index contributed by atoms with van der Waals surface area (Å²) in [5, 5.41) is 3.19. The van der Waals surface area contributed by atoms with Crippen molar-refractivity contribution in [2.24, 2.45) is 4.99 Å². The normalized spacial score (nSPS) is 12.8. The van der Waals surface area contributed by atoms with E-state index in [-0.39, 0.29) is 0 Å². The van der Waals surface area contributed by atoms with Crippen LogP contribution in [-0.4, -0.2) is 16.2 Å². The fourth-order valence-electron chi connectivity index (χ4n) is 1.64. The Hall–Kier alpha value is -2.17. The van der Waals surface area contributed by atoms with Crippen LogP contribution in [0.4, 0.5) is 11.5 Å². The third kappa shape index (κ3) is 1.56. The molecule has 2 aromatic rings. The summed E-state index contributed by atoms with van der Waals surface area (Å²) in [5.41, 5.74) is 1.81. The van der Waals surface area contributed by atoms with Gasteiger partial charge in [-0.3, -0.25) is 4.99 Å². The van der Waals surface area contributed by atoms with E-state index in [0.717, 1.165) is 29.4 Å². The van der Waals surface area contributed by atoms with Gasteiger partial charge in [-0.1, -0.05) is 0 Å². The number of anilines is 1. The average molecular weight is 214 g/mol. The number of aromatic nitrogens is 2. The Balaban J connectivity index is 1.80. The molecule has 0 spiro atoms. The van der Waals surface area contributed by atoms with Gasteiger partial charge in [-0.2, -0.15) is 0 Å². The first-order valence-electron chi connectivity index (χ1n) is 5.06. The number of hydrogen-bond acceptors (Lipinski definition) is 5. The van der Waals surface area contributed by atoms with E-state index in [0.29, 0.717) is 6.54 Å². The van der Waals surface area contributed by atoms with Crippen LogP contribution >= 0.6 is 0 Å². The fourth-order valence-corrected chi connectivity index (χ4v) is 1.64. The van der Waals surface area contributed by atoms with E-state index >= 15 is 0 Å². The molecule has 5 nitrogen and oxygen atoms in total. The summed E-state index contributed by atoms with van der Waals surface area (Å²) >= 11 is 0. The highest BCUT2D eigenvalue weighted by Gasteiger charge is 2.13. The van der Waals surface area contributed by atoms with Crippen molar-refractivity contribution >= 4 is 17.7 Å². The zero-order valence-corrected chi connectivity index (χ0v) is 8.55. The minimum atomic E-state index is 0.603. The highest BCUT2D eigenvalue weighted by molar-refractivity contribution is 5.80. The first-order valence-corrected chi connectivity index (χ1v) is 5.06. The summed E-state index contributed by atoms with van der Waals surface area (Å²) in [6.45, 7) is 0.603. The predicted octanol–water partition coefficient (Wildman–Crippen LogP) is 1.94. The van der Waals surface area contributed by atoms with E-state index < -0.39 is 0 Å². The minimum absolute atomic E-state index is 0.603. The SMILES string of the molecule is C1=Nc2c(ncnc2NCc2ccco2)C1. The molecule has 80 valence electrons. The fraction of sp³-hybridized carbons (Fsp3) is 0.182. The van der Waals surface area contributed by atoms with Crippen LogP contribution in [0.15, 0.2) is 34.1 Å². The number of fused-ring (bicyclic) bond motifs is 1. The maximum Gasteiger partial charge on any atom is 0.156 e. The van der Waals surface area contributed by atoms with Gasteiger partial charge in [0.25, 0.3) is 0 Å². The van der Waals surface area contributed by atoms with Gasteiger partial charge in [0.15, 0.2) is 5.82 Å². The van der Waals surface area contributed by atoms with Crippen LogP contribution in [0.1, 0.15) is 11.5 Å². The molecular formula is C11H10N4O. The molecule has 3 heterocycles. The third-order valence-electron chi connectivity index (χ3n) is 2.41. The molecule has 0 saturated carbocycles. The lowest BCUT2D eigenvalue weighted by atomic mass is 10.3. The molecule has 1 aliphatic rings. The van der Waals surface area contributed by atoms with Crippen molar-refractivity contribution < 1.29 is 4.42 Å². The minimum Gasteiger partial charge on any atom is -0.467 e. The number of aliphatic imine (C=N–C) groups is 1. The number of nitrogens with zero attached hydrogens (tertiary/aromatic N) is 3. The summed E-state index contributed by atoms with van der Waals surface area (Å²) in [6.07, 6.45) is 5.84. The molecule has 0 aromatic carbocycles. The van der Waals surface area contributed by atoms with Crippen LogP contribution in [0.2, 0.25) is 0 Å². The zero-order chi connectivity index (χ0) is 10.8. The molecule has 5 heteroatoms. The van der Waals surface area contributed by atoms with Crippen LogP contribution in [-0.2, 0) is 13.0 Å². The van der Waals surface area contributed by atoms with Gasteiger partial charge in [0.1, 0.15) is 17.8 Å².